The summed E-state index contributed by atoms with van der Waals surface area (Å²) in [6.07, 6.45) is 0. The van der Waals surface area contributed by atoms with E-state index in [1.807, 2.05) is 43.3 Å². The maximum absolute atomic E-state index is 13.2. The zero-order chi connectivity index (χ0) is 21.4. The van der Waals surface area contributed by atoms with Gasteiger partial charge in [0.1, 0.15) is 5.82 Å². The summed E-state index contributed by atoms with van der Waals surface area (Å²) in [4.78, 5) is 18.2. The van der Waals surface area contributed by atoms with Crippen molar-refractivity contribution >= 4 is 11.9 Å². The van der Waals surface area contributed by atoms with Crippen molar-refractivity contribution in [2.45, 2.75) is 32.7 Å². The number of carbonyl (C=O) groups is 1. The van der Waals surface area contributed by atoms with Crippen LogP contribution in [0.5, 0.6) is 0 Å². The Kier molecular flexibility index (Phi) is 7.76. The van der Waals surface area contributed by atoms with E-state index < -0.39 is 0 Å². The van der Waals surface area contributed by atoms with Crippen LogP contribution in [-0.2, 0) is 12.0 Å². The molecular weight excluding hydrogens is 367 g/mol. The Morgan fingerprint density at radius 1 is 1.03 bits per heavy atom. The topological polar surface area (TPSA) is 56.7 Å². The van der Waals surface area contributed by atoms with Crippen molar-refractivity contribution in [2.75, 3.05) is 27.2 Å². The molecule has 0 saturated carbocycles. The van der Waals surface area contributed by atoms with Crippen molar-refractivity contribution < 1.29 is 9.18 Å². The first-order chi connectivity index (χ1) is 13.7. The van der Waals surface area contributed by atoms with E-state index >= 15 is 0 Å². The Morgan fingerprint density at radius 2 is 1.66 bits per heavy atom. The Labute approximate surface area is 173 Å². The summed E-state index contributed by atoms with van der Waals surface area (Å²) in [6.45, 7) is 8.14. The van der Waals surface area contributed by atoms with E-state index in [1.54, 1.807) is 19.0 Å². The van der Waals surface area contributed by atoms with E-state index in [0.717, 1.165) is 23.6 Å². The van der Waals surface area contributed by atoms with Gasteiger partial charge in [0.25, 0.3) is 5.91 Å². The number of nitrogens with zero attached hydrogens (tertiary/aromatic N) is 2. The predicted molar refractivity (Wildman–Crippen MR) is 117 cm³/mol. The highest BCUT2D eigenvalue weighted by Crippen LogP contribution is 2.22. The van der Waals surface area contributed by atoms with Gasteiger partial charge in [-0.15, -0.1) is 0 Å². The Balaban J connectivity index is 2.02. The molecule has 0 radical (unpaired) electrons. The molecule has 2 rings (SSSR count). The number of nitrogens with one attached hydrogen (secondary N) is 2. The minimum Gasteiger partial charge on any atom is -0.357 e. The molecule has 0 unspecified atom stereocenters. The van der Waals surface area contributed by atoms with Crippen LogP contribution in [0.2, 0.25) is 0 Å². The molecule has 0 aliphatic carbocycles. The van der Waals surface area contributed by atoms with Gasteiger partial charge in [0, 0.05) is 38.2 Å². The van der Waals surface area contributed by atoms with E-state index in [2.05, 4.69) is 29.5 Å². The van der Waals surface area contributed by atoms with E-state index in [9.17, 15) is 9.18 Å². The molecule has 0 heterocycles. The molecule has 1 amide bonds. The fraction of sp³-hybridized carbons (Fsp3) is 0.391. The molecule has 0 bridgehead atoms. The van der Waals surface area contributed by atoms with Gasteiger partial charge in [-0.05, 0) is 42.3 Å². The predicted octanol–water partition coefficient (Wildman–Crippen LogP) is 3.56. The molecule has 0 spiro atoms. The van der Waals surface area contributed by atoms with Crippen LogP contribution in [0.3, 0.4) is 0 Å². The normalized spacial score (nSPS) is 11.9. The smallest absolute Gasteiger partial charge is 0.253 e. The third kappa shape index (κ3) is 6.59. The van der Waals surface area contributed by atoms with Gasteiger partial charge >= 0.3 is 0 Å². The fourth-order valence-electron chi connectivity index (χ4n) is 2.83. The summed E-state index contributed by atoms with van der Waals surface area (Å²) in [5.74, 6) is 0.472. The van der Waals surface area contributed by atoms with Crippen molar-refractivity contribution in [3.8, 4) is 0 Å². The van der Waals surface area contributed by atoms with Crippen LogP contribution in [0, 0.1) is 5.82 Å². The van der Waals surface area contributed by atoms with Crippen molar-refractivity contribution in [1.29, 1.82) is 0 Å². The van der Waals surface area contributed by atoms with Gasteiger partial charge in [0.05, 0.1) is 6.54 Å². The Bertz CT molecular complexity index is 827. The summed E-state index contributed by atoms with van der Waals surface area (Å²) in [7, 11) is 3.48. The van der Waals surface area contributed by atoms with Crippen LogP contribution >= 0.6 is 0 Å². The Morgan fingerprint density at radius 3 is 2.21 bits per heavy atom. The zero-order valence-electron chi connectivity index (χ0n) is 17.9. The van der Waals surface area contributed by atoms with Gasteiger partial charge in [-0.3, -0.25) is 4.79 Å². The van der Waals surface area contributed by atoms with Gasteiger partial charge in [0.2, 0.25) is 0 Å². The van der Waals surface area contributed by atoms with Gasteiger partial charge < -0.3 is 15.5 Å². The van der Waals surface area contributed by atoms with Crippen LogP contribution < -0.4 is 10.6 Å². The molecule has 2 N–H and O–H groups in total. The molecule has 0 fully saturated rings. The van der Waals surface area contributed by atoms with Gasteiger partial charge in [0.15, 0.2) is 5.96 Å². The number of hydrogen-bond acceptors (Lipinski definition) is 2. The second kappa shape index (κ2) is 10.0. The highest BCUT2D eigenvalue weighted by atomic mass is 19.1. The molecule has 0 aromatic heterocycles. The number of benzene rings is 2. The lowest BCUT2D eigenvalue weighted by Crippen LogP contribution is -2.43. The van der Waals surface area contributed by atoms with Crippen molar-refractivity contribution in [2.24, 2.45) is 4.99 Å². The number of carbonyl (C=O) groups excluding carboxylic acids is 1. The highest BCUT2D eigenvalue weighted by molar-refractivity contribution is 5.93. The van der Waals surface area contributed by atoms with E-state index in [1.165, 1.54) is 12.1 Å². The molecule has 0 aliphatic rings. The number of halogens is 1. The first-order valence-electron chi connectivity index (χ1n) is 9.82. The van der Waals surface area contributed by atoms with Crippen LogP contribution in [0.1, 0.15) is 42.3 Å². The minimum atomic E-state index is -0.231. The summed E-state index contributed by atoms with van der Waals surface area (Å²) in [6, 6.07) is 14.1. The molecule has 2 aromatic carbocycles. The van der Waals surface area contributed by atoms with E-state index in [0.29, 0.717) is 18.7 Å². The fourth-order valence-corrected chi connectivity index (χ4v) is 2.83. The van der Waals surface area contributed by atoms with E-state index in [4.69, 9.17) is 0 Å². The summed E-state index contributed by atoms with van der Waals surface area (Å²) >= 11 is 0. The lowest BCUT2D eigenvalue weighted by atomic mass is 9.84. The largest absolute Gasteiger partial charge is 0.357 e. The maximum atomic E-state index is 13.2. The molecule has 0 aliphatic heterocycles. The molecular formula is C23H31FN4O. The number of guanidine groups is 1. The minimum absolute atomic E-state index is 0.0157. The average molecular weight is 399 g/mol. The number of hydrogen-bond donors (Lipinski definition) is 2. The van der Waals surface area contributed by atoms with Crippen molar-refractivity contribution in [1.82, 2.24) is 15.5 Å². The second-order valence-corrected chi connectivity index (χ2v) is 7.84. The van der Waals surface area contributed by atoms with Gasteiger partial charge in [-0.1, -0.05) is 38.1 Å². The van der Waals surface area contributed by atoms with Crippen molar-refractivity contribution in [3.63, 3.8) is 0 Å². The molecule has 6 heteroatoms. The number of amides is 1. The standard InChI is InChI=1S/C23H31FN4O/c1-6-25-22(27-16-23(2,3)19-11-13-20(24)14-12-19)26-15-17-7-9-18(10-8-17)21(29)28(4)5/h7-14H,6,15-16H2,1-5H3,(H2,25,26,27). The van der Waals surface area contributed by atoms with Crippen LogP contribution in [-0.4, -0.2) is 44.0 Å². The monoisotopic (exact) mass is 398 g/mol. The summed E-state index contributed by atoms with van der Waals surface area (Å²) in [5, 5.41) is 6.62. The van der Waals surface area contributed by atoms with Gasteiger partial charge in [-0.2, -0.15) is 0 Å². The zero-order valence-corrected chi connectivity index (χ0v) is 17.9. The van der Waals surface area contributed by atoms with Crippen molar-refractivity contribution in [3.05, 3.63) is 71.0 Å². The summed E-state index contributed by atoms with van der Waals surface area (Å²) < 4.78 is 13.2. The maximum Gasteiger partial charge on any atom is 0.253 e. The molecule has 156 valence electrons. The molecule has 29 heavy (non-hydrogen) atoms. The lowest BCUT2D eigenvalue weighted by Gasteiger charge is -2.26. The van der Waals surface area contributed by atoms with E-state index in [-0.39, 0.29) is 17.1 Å². The number of rotatable bonds is 7. The van der Waals surface area contributed by atoms with Crippen LogP contribution in [0.15, 0.2) is 53.5 Å². The molecule has 0 atom stereocenters. The lowest BCUT2D eigenvalue weighted by molar-refractivity contribution is 0.0827. The number of aliphatic imine (C=N–C) groups is 1. The Hall–Kier alpha value is -2.89. The SMILES string of the molecule is CCNC(=NCc1ccc(C(=O)N(C)C)cc1)NCC(C)(C)c1ccc(F)cc1. The molecule has 2 aromatic rings. The quantitative estimate of drug-likeness (QED) is 0.554. The first-order valence-corrected chi connectivity index (χ1v) is 9.82. The van der Waals surface area contributed by atoms with Gasteiger partial charge in [-0.25, -0.2) is 9.38 Å². The third-order valence-electron chi connectivity index (χ3n) is 4.69. The average Bonchev–Trinajstić information content (AvgIpc) is 2.70. The molecule has 0 saturated heterocycles. The molecule has 5 nitrogen and oxygen atoms in total. The third-order valence-corrected chi connectivity index (χ3v) is 4.69. The van der Waals surface area contributed by atoms with Crippen LogP contribution in [0.25, 0.3) is 0 Å². The first kappa shape index (κ1) is 22.4. The highest BCUT2D eigenvalue weighted by Gasteiger charge is 2.21. The van der Waals surface area contributed by atoms with Crippen LogP contribution in [0.4, 0.5) is 4.39 Å². The second-order valence-electron chi connectivity index (χ2n) is 7.84. The summed E-state index contributed by atoms with van der Waals surface area (Å²) in [5.41, 5.74) is 2.56.